The summed E-state index contributed by atoms with van der Waals surface area (Å²) in [6.07, 6.45) is 1.73. The summed E-state index contributed by atoms with van der Waals surface area (Å²) >= 11 is 0. The van der Waals surface area contributed by atoms with Gasteiger partial charge >= 0.3 is 0 Å². The molecule has 1 unspecified atom stereocenters. The maximum Gasteiger partial charge on any atom is 0.0719 e. The second kappa shape index (κ2) is 4.47. The van der Waals surface area contributed by atoms with Gasteiger partial charge in [0.15, 0.2) is 0 Å². The lowest BCUT2D eigenvalue weighted by Gasteiger charge is -2.14. The Bertz CT molecular complexity index is 246. The van der Waals surface area contributed by atoms with Crippen LogP contribution in [-0.4, -0.2) is 15.8 Å². The van der Waals surface area contributed by atoms with Crippen LogP contribution >= 0.6 is 0 Å². The lowest BCUT2D eigenvalue weighted by atomic mass is 10.2. The Morgan fingerprint density at radius 2 is 1.85 bits per heavy atom. The molecule has 0 fully saturated rings. The van der Waals surface area contributed by atoms with Crippen LogP contribution in [0.5, 0.6) is 0 Å². The molecule has 0 bridgehead atoms. The lowest BCUT2D eigenvalue weighted by Crippen LogP contribution is -2.17. The van der Waals surface area contributed by atoms with Crippen molar-refractivity contribution in [2.24, 2.45) is 0 Å². The van der Waals surface area contributed by atoms with Gasteiger partial charge in [-0.15, -0.1) is 0 Å². The Balaban J connectivity index is 2.62. The molecule has 1 aromatic heterocycles. The van der Waals surface area contributed by atoms with Crippen LogP contribution in [0.4, 0.5) is 0 Å². The van der Waals surface area contributed by atoms with E-state index in [9.17, 15) is 5.11 Å². The molecule has 13 heavy (non-hydrogen) atoms. The minimum atomic E-state index is -0.199. The van der Waals surface area contributed by atoms with E-state index in [0.29, 0.717) is 0 Å². The highest BCUT2D eigenvalue weighted by atomic mass is 16.3. The van der Waals surface area contributed by atoms with Gasteiger partial charge in [-0.1, -0.05) is 13.3 Å². The first-order valence-corrected chi connectivity index (χ1v) is 4.96. The molecule has 0 radical (unpaired) electrons. The molecule has 2 nitrogen and oxygen atoms in total. The SMILES string of the molecule is CCCC(O)Cn1c(C)ccc1C. The molecular formula is C11H19NO. The van der Waals surface area contributed by atoms with Crippen molar-refractivity contribution in [3.05, 3.63) is 23.5 Å². The molecule has 0 aliphatic heterocycles. The predicted molar refractivity (Wildman–Crippen MR) is 54.8 cm³/mol. The molecule has 0 aromatic carbocycles. The Morgan fingerprint density at radius 1 is 1.31 bits per heavy atom. The first kappa shape index (κ1) is 10.3. The average molecular weight is 181 g/mol. The number of aliphatic hydroxyl groups is 1. The van der Waals surface area contributed by atoms with Crippen LogP contribution in [0, 0.1) is 13.8 Å². The van der Waals surface area contributed by atoms with E-state index in [1.807, 2.05) is 0 Å². The Hall–Kier alpha value is -0.760. The van der Waals surface area contributed by atoms with Gasteiger partial charge in [0, 0.05) is 17.9 Å². The second-order valence-corrected chi connectivity index (χ2v) is 3.67. The van der Waals surface area contributed by atoms with Crippen LogP contribution in [0.1, 0.15) is 31.2 Å². The van der Waals surface area contributed by atoms with Crippen molar-refractivity contribution in [1.29, 1.82) is 0 Å². The van der Waals surface area contributed by atoms with Gasteiger partial charge in [-0.2, -0.15) is 0 Å². The van der Waals surface area contributed by atoms with Gasteiger partial charge in [0.1, 0.15) is 0 Å². The maximum absolute atomic E-state index is 9.65. The van der Waals surface area contributed by atoms with Crippen molar-refractivity contribution >= 4 is 0 Å². The fourth-order valence-corrected chi connectivity index (χ4v) is 1.62. The summed E-state index contributed by atoms with van der Waals surface area (Å²) < 4.78 is 2.17. The fraction of sp³-hybridized carbons (Fsp3) is 0.636. The number of hydrogen-bond donors (Lipinski definition) is 1. The van der Waals surface area contributed by atoms with Gasteiger partial charge in [0.2, 0.25) is 0 Å². The molecular weight excluding hydrogens is 162 g/mol. The van der Waals surface area contributed by atoms with Crippen molar-refractivity contribution in [3.8, 4) is 0 Å². The molecule has 0 aliphatic rings. The van der Waals surface area contributed by atoms with E-state index >= 15 is 0 Å². The number of nitrogens with zero attached hydrogens (tertiary/aromatic N) is 1. The summed E-state index contributed by atoms with van der Waals surface area (Å²) in [6, 6.07) is 4.18. The number of rotatable bonds is 4. The van der Waals surface area contributed by atoms with Crippen LogP contribution in [0.15, 0.2) is 12.1 Å². The monoisotopic (exact) mass is 181 g/mol. The molecule has 74 valence electrons. The molecule has 0 aliphatic carbocycles. The molecule has 1 aromatic rings. The first-order chi connectivity index (χ1) is 6.15. The Morgan fingerprint density at radius 3 is 2.31 bits per heavy atom. The van der Waals surface area contributed by atoms with Crippen molar-refractivity contribution < 1.29 is 5.11 Å². The number of aryl methyl sites for hydroxylation is 2. The zero-order valence-electron chi connectivity index (χ0n) is 8.75. The molecule has 1 rings (SSSR count). The van der Waals surface area contributed by atoms with Crippen LogP contribution in [0.2, 0.25) is 0 Å². The average Bonchev–Trinajstić information content (AvgIpc) is 2.36. The highest BCUT2D eigenvalue weighted by Crippen LogP contribution is 2.09. The summed E-state index contributed by atoms with van der Waals surface area (Å²) in [4.78, 5) is 0. The zero-order chi connectivity index (χ0) is 9.84. The van der Waals surface area contributed by atoms with E-state index in [1.54, 1.807) is 0 Å². The normalized spacial score (nSPS) is 13.2. The summed E-state index contributed by atoms with van der Waals surface area (Å²) in [6.45, 7) is 6.98. The minimum absolute atomic E-state index is 0.199. The number of aliphatic hydroxyl groups excluding tert-OH is 1. The van der Waals surface area contributed by atoms with Crippen LogP contribution in [0.3, 0.4) is 0 Å². The Kier molecular flexibility index (Phi) is 3.55. The van der Waals surface area contributed by atoms with Crippen molar-refractivity contribution in [2.45, 2.75) is 46.3 Å². The third-order valence-electron chi connectivity index (χ3n) is 2.43. The van der Waals surface area contributed by atoms with Crippen LogP contribution in [-0.2, 0) is 6.54 Å². The zero-order valence-corrected chi connectivity index (χ0v) is 8.75. The highest BCUT2D eigenvalue weighted by molar-refractivity contribution is 5.13. The topological polar surface area (TPSA) is 25.2 Å². The van der Waals surface area contributed by atoms with Crippen molar-refractivity contribution in [1.82, 2.24) is 4.57 Å². The van der Waals surface area contributed by atoms with Gasteiger partial charge in [0.05, 0.1) is 6.10 Å². The minimum Gasteiger partial charge on any atom is -0.391 e. The largest absolute Gasteiger partial charge is 0.391 e. The third-order valence-corrected chi connectivity index (χ3v) is 2.43. The van der Waals surface area contributed by atoms with E-state index in [0.717, 1.165) is 19.4 Å². The summed E-state index contributed by atoms with van der Waals surface area (Å²) in [5, 5.41) is 9.65. The predicted octanol–water partition coefficient (Wildman–Crippen LogP) is 2.27. The van der Waals surface area contributed by atoms with Gasteiger partial charge in [-0.25, -0.2) is 0 Å². The van der Waals surface area contributed by atoms with Crippen molar-refractivity contribution in [2.75, 3.05) is 0 Å². The Labute approximate surface area is 80.2 Å². The second-order valence-electron chi connectivity index (χ2n) is 3.67. The fourth-order valence-electron chi connectivity index (χ4n) is 1.62. The summed E-state index contributed by atoms with van der Waals surface area (Å²) in [5.74, 6) is 0. The molecule has 1 atom stereocenters. The standard InChI is InChI=1S/C11H19NO/c1-4-5-11(13)8-12-9(2)6-7-10(12)3/h6-7,11,13H,4-5,8H2,1-3H3. The van der Waals surface area contributed by atoms with Crippen LogP contribution < -0.4 is 0 Å². The van der Waals surface area contributed by atoms with Crippen molar-refractivity contribution in [3.63, 3.8) is 0 Å². The maximum atomic E-state index is 9.65. The molecule has 0 saturated heterocycles. The smallest absolute Gasteiger partial charge is 0.0719 e. The first-order valence-electron chi connectivity index (χ1n) is 4.96. The van der Waals surface area contributed by atoms with E-state index < -0.39 is 0 Å². The summed E-state index contributed by atoms with van der Waals surface area (Å²) in [7, 11) is 0. The molecule has 0 spiro atoms. The van der Waals surface area contributed by atoms with E-state index in [2.05, 4.69) is 37.5 Å². The van der Waals surface area contributed by atoms with E-state index in [1.165, 1.54) is 11.4 Å². The van der Waals surface area contributed by atoms with Crippen LogP contribution in [0.25, 0.3) is 0 Å². The summed E-state index contributed by atoms with van der Waals surface area (Å²) in [5.41, 5.74) is 2.46. The quantitative estimate of drug-likeness (QED) is 0.757. The number of hydrogen-bond acceptors (Lipinski definition) is 1. The molecule has 0 saturated carbocycles. The molecule has 2 heteroatoms. The van der Waals surface area contributed by atoms with E-state index in [4.69, 9.17) is 0 Å². The van der Waals surface area contributed by atoms with Gasteiger partial charge in [-0.05, 0) is 32.4 Å². The van der Waals surface area contributed by atoms with E-state index in [-0.39, 0.29) is 6.10 Å². The molecule has 0 amide bonds. The number of aromatic nitrogens is 1. The van der Waals surface area contributed by atoms with Gasteiger partial charge < -0.3 is 9.67 Å². The highest BCUT2D eigenvalue weighted by Gasteiger charge is 2.06. The molecule has 1 heterocycles. The van der Waals surface area contributed by atoms with Gasteiger partial charge in [-0.3, -0.25) is 0 Å². The molecule has 1 N–H and O–H groups in total. The lowest BCUT2D eigenvalue weighted by molar-refractivity contribution is 0.142. The van der Waals surface area contributed by atoms with Gasteiger partial charge in [0.25, 0.3) is 0 Å². The third kappa shape index (κ3) is 2.59.